The van der Waals surface area contributed by atoms with Gasteiger partial charge in [0, 0.05) is 16.3 Å². The van der Waals surface area contributed by atoms with Crippen LogP contribution in [0.25, 0.3) is 0 Å². The Hall–Kier alpha value is -1.11. The van der Waals surface area contributed by atoms with Crippen LogP contribution >= 0.6 is 34.3 Å². The van der Waals surface area contributed by atoms with E-state index in [0.717, 1.165) is 27.3 Å². The van der Waals surface area contributed by atoms with Gasteiger partial charge < -0.3 is 10.1 Å². The molecule has 2 heterocycles. The fourth-order valence-corrected chi connectivity index (χ4v) is 3.45. The molecular weight excluding hydrogens is 304 g/mol. The molecule has 4 nitrogen and oxygen atoms in total. The topological polar surface area (TPSA) is 51.2 Å². The number of carbonyl (C=O) groups excluding carboxylic acids is 1. The van der Waals surface area contributed by atoms with Crippen molar-refractivity contribution in [2.75, 3.05) is 19.0 Å². The predicted octanol–water partition coefficient (Wildman–Crippen LogP) is 3.61. The first kappa shape index (κ1) is 14.3. The van der Waals surface area contributed by atoms with Gasteiger partial charge >= 0.3 is 5.97 Å². The number of hydrogen-bond donors (Lipinski definition) is 1. The van der Waals surface area contributed by atoms with E-state index in [2.05, 4.69) is 15.0 Å². The van der Waals surface area contributed by atoms with Crippen LogP contribution in [0.4, 0.5) is 5.13 Å². The maximum absolute atomic E-state index is 11.4. The Morgan fingerprint density at radius 3 is 2.89 bits per heavy atom. The van der Waals surface area contributed by atoms with Crippen LogP contribution in [0.1, 0.15) is 20.2 Å². The number of carbonyl (C=O) groups is 1. The molecule has 0 radical (unpaired) electrons. The van der Waals surface area contributed by atoms with E-state index in [1.165, 1.54) is 23.3 Å². The van der Waals surface area contributed by atoms with Gasteiger partial charge in [0.2, 0.25) is 0 Å². The van der Waals surface area contributed by atoms with Gasteiger partial charge in [-0.1, -0.05) is 11.6 Å². The van der Waals surface area contributed by atoms with Crippen LogP contribution in [-0.4, -0.2) is 24.6 Å². The number of thiophene rings is 1. The first-order valence-corrected chi connectivity index (χ1v) is 7.65. The van der Waals surface area contributed by atoms with Crippen molar-refractivity contribution in [1.29, 1.82) is 0 Å². The lowest BCUT2D eigenvalue weighted by Gasteiger charge is -2.00. The monoisotopic (exact) mass is 316 g/mol. The van der Waals surface area contributed by atoms with Crippen LogP contribution in [-0.2, 0) is 11.2 Å². The summed E-state index contributed by atoms with van der Waals surface area (Å²) in [6.07, 6.45) is 0.879. The Morgan fingerprint density at radius 1 is 1.47 bits per heavy atom. The fraction of sp³-hybridized carbons (Fsp3) is 0.333. The first-order chi connectivity index (χ1) is 9.10. The second-order valence-electron chi connectivity index (χ2n) is 3.80. The third kappa shape index (κ3) is 3.68. The van der Waals surface area contributed by atoms with Crippen LogP contribution < -0.4 is 5.32 Å². The molecule has 0 saturated carbocycles. The van der Waals surface area contributed by atoms with Crippen molar-refractivity contribution in [1.82, 2.24) is 4.98 Å². The van der Waals surface area contributed by atoms with E-state index in [9.17, 15) is 4.79 Å². The molecule has 0 atom stereocenters. The highest BCUT2D eigenvalue weighted by Crippen LogP contribution is 2.24. The number of aryl methyl sites for hydroxylation is 1. The number of nitrogens with one attached hydrogen (secondary N) is 1. The molecule has 0 amide bonds. The van der Waals surface area contributed by atoms with E-state index in [-0.39, 0.29) is 0 Å². The maximum Gasteiger partial charge on any atom is 0.357 e. The largest absolute Gasteiger partial charge is 0.464 e. The first-order valence-electron chi connectivity index (χ1n) is 5.64. The second-order valence-corrected chi connectivity index (χ2v) is 6.80. The SMILES string of the molecule is COC(=O)c1nc(NCCc2ccc(Cl)s2)sc1C. The van der Waals surface area contributed by atoms with Gasteiger partial charge in [-0.15, -0.1) is 22.7 Å². The van der Waals surface area contributed by atoms with Crippen molar-refractivity contribution >= 4 is 45.4 Å². The molecule has 7 heteroatoms. The number of anilines is 1. The minimum atomic E-state index is -0.396. The Morgan fingerprint density at radius 2 is 2.26 bits per heavy atom. The van der Waals surface area contributed by atoms with Gasteiger partial charge in [-0.25, -0.2) is 9.78 Å². The third-order valence-corrected chi connectivity index (χ3v) is 4.67. The minimum Gasteiger partial charge on any atom is -0.464 e. The lowest BCUT2D eigenvalue weighted by molar-refractivity contribution is 0.0594. The summed E-state index contributed by atoms with van der Waals surface area (Å²) in [5.41, 5.74) is 0.383. The Kier molecular flexibility index (Phi) is 4.79. The Balaban J connectivity index is 1.91. The molecule has 0 aliphatic carbocycles. The molecule has 2 rings (SSSR count). The molecule has 0 spiro atoms. The fourth-order valence-electron chi connectivity index (χ4n) is 1.54. The summed E-state index contributed by atoms with van der Waals surface area (Å²) in [5, 5.41) is 3.94. The molecule has 0 aromatic carbocycles. The maximum atomic E-state index is 11.4. The van der Waals surface area contributed by atoms with E-state index < -0.39 is 5.97 Å². The van der Waals surface area contributed by atoms with Gasteiger partial charge in [-0.3, -0.25) is 0 Å². The lowest BCUT2D eigenvalue weighted by atomic mass is 10.3. The number of halogens is 1. The van der Waals surface area contributed by atoms with Gasteiger partial charge in [-0.05, 0) is 25.5 Å². The van der Waals surface area contributed by atoms with Crippen LogP contribution in [0, 0.1) is 6.92 Å². The van der Waals surface area contributed by atoms with Crippen LogP contribution in [0.3, 0.4) is 0 Å². The summed E-state index contributed by atoms with van der Waals surface area (Å²) in [4.78, 5) is 17.7. The smallest absolute Gasteiger partial charge is 0.357 e. The normalized spacial score (nSPS) is 10.5. The molecule has 1 N–H and O–H groups in total. The van der Waals surface area contributed by atoms with Gasteiger partial charge in [0.05, 0.1) is 11.4 Å². The highest BCUT2D eigenvalue weighted by atomic mass is 35.5. The van der Waals surface area contributed by atoms with Crippen molar-refractivity contribution in [2.45, 2.75) is 13.3 Å². The molecular formula is C12H13ClN2O2S2. The minimum absolute atomic E-state index is 0.383. The molecule has 0 aliphatic rings. The van der Waals surface area contributed by atoms with Crippen LogP contribution in [0.5, 0.6) is 0 Å². The molecule has 0 unspecified atom stereocenters. The summed E-state index contributed by atoms with van der Waals surface area (Å²) in [6, 6.07) is 3.91. The molecule has 0 bridgehead atoms. The van der Waals surface area contributed by atoms with Gasteiger partial charge in [0.25, 0.3) is 0 Å². The molecule has 0 fully saturated rings. The number of hydrogen-bond acceptors (Lipinski definition) is 6. The van der Waals surface area contributed by atoms with Gasteiger partial charge in [0.15, 0.2) is 10.8 Å². The summed E-state index contributed by atoms with van der Waals surface area (Å²) in [6.45, 7) is 2.61. The van der Waals surface area contributed by atoms with Crippen molar-refractivity contribution in [3.05, 3.63) is 31.9 Å². The molecule has 2 aromatic rings. The highest BCUT2D eigenvalue weighted by Gasteiger charge is 2.15. The standard InChI is InChI=1S/C12H13ClN2O2S2/c1-7-10(11(16)17-2)15-12(18-7)14-6-5-8-3-4-9(13)19-8/h3-4H,5-6H2,1-2H3,(H,14,15). The van der Waals surface area contributed by atoms with Gasteiger partial charge in [-0.2, -0.15) is 0 Å². The predicted molar refractivity (Wildman–Crippen MR) is 79.7 cm³/mol. The van der Waals surface area contributed by atoms with Crippen molar-refractivity contribution in [2.24, 2.45) is 0 Å². The number of thiazole rings is 1. The molecule has 19 heavy (non-hydrogen) atoms. The average Bonchev–Trinajstić information content (AvgIpc) is 2.95. The van der Waals surface area contributed by atoms with Gasteiger partial charge in [0.1, 0.15) is 0 Å². The van der Waals surface area contributed by atoms with E-state index in [1.807, 2.05) is 19.1 Å². The second kappa shape index (κ2) is 6.36. The Bertz CT molecular complexity index is 580. The van der Waals surface area contributed by atoms with Crippen molar-refractivity contribution in [3.63, 3.8) is 0 Å². The third-order valence-electron chi connectivity index (χ3n) is 2.45. The average molecular weight is 317 g/mol. The summed E-state index contributed by atoms with van der Waals surface area (Å²) in [7, 11) is 1.36. The molecule has 102 valence electrons. The summed E-state index contributed by atoms with van der Waals surface area (Å²) in [5.74, 6) is -0.396. The lowest BCUT2D eigenvalue weighted by Crippen LogP contribution is -2.06. The van der Waals surface area contributed by atoms with E-state index in [1.54, 1.807) is 11.3 Å². The number of aromatic nitrogens is 1. The van der Waals surface area contributed by atoms with Crippen molar-refractivity contribution in [3.8, 4) is 0 Å². The zero-order valence-electron chi connectivity index (χ0n) is 10.5. The summed E-state index contributed by atoms with van der Waals surface area (Å²) < 4.78 is 5.47. The quantitative estimate of drug-likeness (QED) is 0.856. The number of rotatable bonds is 5. The number of methoxy groups -OCH3 is 1. The van der Waals surface area contributed by atoms with Crippen molar-refractivity contribution < 1.29 is 9.53 Å². The van der Waals surface area contributed by atoms with Crippen LogP contribution in [0.15, 0.2) is 12.1 Å². The number of esters is 1. The van der Waals surface area contributed by atoms with Crippen LogP contribution in [0.2, 0.25) is 4.34 Å². The number of ether oxygens (including phenoxy) is 1. The number of nitrogens with zero attached hydrogens (tertiary/aromatic N) is 1. The molecule has 0 saturated heterocycles. The van der Waals surface area contributed by atoms with E-state index >= 15 is 0 Å². The zero-order valence-corrected chi connectivity index (χ0v) is 12.9. The van der Waals surface area contributed by atoms with E-state index in [4.69, 9.17) is 11.6 Å². The highest BCUT2D eigenvalue weighted by molar-refractivity contribution is 7.16. The molecule has 0 aliphatic heterocycles. The zero-order chi connectivity index (χ0) is 13.8. The summed E-state index contributed by atoms with van der Waals surface area (Å²) >= 11 is 8.89. The Labute approximate surface area is 124 Å². The molecule has 2 aromatic heterocycles. The van der Waals surface area contributed by atoms with E-state index in [0.29, 0.717) is 5.69 Å².